The van der Waals surface area contributed by atoms with Gasteiger partial charge in [0.15, 0.2) is 9.84 Å². The number of hydrogen-bond acceptors (Lipinski definition) is 3. The molecule has 0 aromatic carbocycles. The fraction of sp³-hybridized carbons (Fsp3) is 1.00. The van der Waals surface area contributed by atoms with Crippen LogP contribution in [0.15, 0.2) is 0 Å². The average molecular weight is 231 g/mol. The zero-order valence-corrected chi connectivity index (χ0v) is 10.2. The fourth-order valence-electron chi connectivity index (χ4n) is 3.24. The largest absolute Gasteiger partial charge is 0.317 e. The minimum atomic E-state index is -2.70. The molecule has 2 fully saturated rings. The van der Waals surface area contributed by atoms with Crippen LogP contribution in [0.4, 0.5) is 0 Å². The molecule has 1 N–H and O–H groups in total. The summed E-state index contributed by atoms with van der Waals surface area (Å²) in [5.41, 5.74) is 0. The first-order chi connectivity index (χ1) is 7.12. The summed E-state index contributed by atoms with van der Waals surface area (Å²) in [5, 5.41) is 3.36. The van der Waals surface area contributed by atoms with Crippen LogP contribution in [0.5, 0.6) is 0 Å². The molecule has 1 heterocycles. The normalized spacial score (nSPS) is 40.5. The van der Waals surface area contributed by atoms with Crippen LogP contribution in [0.2, 0.25) is 0 Å². The van der Waals surface area contributed by atoms with Gasteiger partial charge >= 0.3 is 0 Å². The number of sulfone groups is 1. The van der Waals surface area contributed by atoms with Crippen molar-refractivity contribution in [2.75, 3.05) is 18.6 Å². The van der Waals surface area contributed by atoms with Crippen molar-refractivity contribution in [3.63, 3.8) is 0 Å². The molecule has 15 heavy (non-hydrogen) atoms. The van der Waals surface area contributed by atoms with Crippen LogP contribution < -0.4 is 5.32 Å². The minimum Gasteiger partial charge on any atom is -0.317 e. The average Bonchev–Trinajstić information content (AvgIpc) is 2.59. The van der Waals surface area contributed by atoms with Crippen molar-refractivity contribution >= 4 is 9.84 Å². The molecule has 0 spiro atoms. The van der Waals surface area contributed by atoms with E-state index in [1.165, 1.54) is 25.7 Å². The lowest BCUT2D eigenvalue weighted by Crippen LogP contribution is -2.40. The lowest BCUT2D eigenvalue weighted by Gasteiger charge is -2.35. The first kappa shape index (κ1) is 11.4. The second kappa shape index (κ2) is 4.42. The lowest BCUT2D eigenvalue weighted by molar-refractivity contribution is 0.206. The van der Waals surface area contributed by atoms with E-state index in [4.69, 9.17) is 0 Å². The van der Waals surface area contributed by atoms with Crippen molar-refractivity contribution < 1.29 is 8.42 Å². The van der Waals surface area contributed by atoms with Crippen LogP contribution in [0, 0.1) is 11.8 Å². The van der Waals surface area contributed by atoms with Crippen LogP contribution >= 0.6 is 0 Å². The van der Waals surface area contributed by atoms with Crippen LogP contribution in [0.1, 0.15) is 32.1 Å². The van der Waals surface area contributed by atoms with Gasteiger partial charge < -0.3 is 5.32 Å². The smallest absolute Gasteiger partial charge is 0.150 e. The van der Waals surface area contributed by atoms with Gasteiger partial charge in [0, 0.05) is 6.04 Å². The predicted octanol–water partition coefficient (Wildman–Crippen LogP) is 1.20. The third-order valence-electron chi connectivity index (χ3n) is 4.06. The standard InChI is InChI=1S/C11H21NO2S/c1-12-11-5-3-2-4-10(11)9-6-7-15(13,14)8-9/h9-12H,2-8H2,1H3. The molecule has 1 aliphatic carbocycles. The van der Waals surface area contributed by atoms with Crippen LogP contribution in [0.3, 0.4) is 0 Å². The Kier molecular flexibility index (Phi) is 3.36. The third-order valence-corrected chi connectivity index (χ3v) is 5.86. The van der Waals surface area contributed by atoms with Gasteiger partial charge in [-0.25, -0.2) is 8.42 Å². The summed E-state index contributed by atoms with van der Waals surface area (Å²) in [6.07, 6.45) is 5.90. The highest BCUT2D eigenvalue weighted by Gasteiger charge is 2.37. The van der Waals surface area contributed by atoms with Gasteiger partial charge in [-0.2, -0.15) is 0 Å². The van der Waals surface area contributed by atoms with Gasteiger partial charge in [0.2, 0.25) is 0 Å². The van der Waals surface area contributed by atoms with Gasteiger partial charge in [-0.15, -0.1) is 0 Å². The van der Waals surface area contributed by atoms with Gasteiger partial charge in [0.25, 0.3) is 0 Å². The van der Waals surface area contributed by atoms with E-state index in [1.54, 1.807) is 0 Å². The Morgan fingerprint density at radius 3 is 2.47 bits per heavy atom. The van der Waals surface area contributed by atoms with Gasteiger partial charge in [-0.1, -0.05) is 12.8 Å². The maximum Gasteiger partial charge on any atom is 0.150 e. The van der Waals surface area contributed by atoms with Gasteiger partial charge in [-0.05, 0) is 38.1 Å². The van der Waals surface area contributed by atoms with Crippen LogP contribution in [-0.4, -0.2) is 33.0 Å². The molecule has 88 valence electrons. The predicted molar refractivity (Wildman–Crippen MR) is 61.6 cm³/mol. The van der Waals surface area contributed by atoms with E-state index < -0.39 is 9.84 Å². The quantitative estimate of drug-likeness (QED) is 0.777. The zero-order chi connectivity index (χ0) is 10.9. The Labute approximate surface area is 92.6 Å². The Hall–Kier alpha value is -0.0900. The molecule has 1 saturated heterocycles. The topological polar surface area (TPSA) is 46.2 Å². The molecule has 0 aromatic rings. The SMILES string of the molecule is CNC1CCCCC1C1CCS(=O)(=O)C1. The van der Waals surface area contributed by atoms with E-state index in [-0.39, 0.29) is 0 Å². The highest BCUT2D eigenvalue weighted by atomic mass is 32.2. The number of hydrogen-bond donors (Lipinski definition) is 1. The van der Waals surface area contributed by atoms with Gasteiger partial charge in [0.05, 0.1) is 11.5 Å². The summed E-state index contributed by atoms with van der Waals surface area (Å²) in [6.45, 7) is 0. The molecule has 0 aromatic heterocycles. The Morgan fingerprint density at radius 2 is 1.87 bits per heavy atom. The monoisotopic (exact) mass is 231 g/mol. The number of rotatable bonds is 2. The molecule has 1 saturated carbocycles. The molecule has 2 rings (SSSR count). The first-order valence-corrected chi connectivity index (χ1v) is 7.82. The fourth-order valence-corrected chi connectivity index (χ4v) is 5.14. The van der Waals surface area contributed by atoms with E-state index in [0.717, 1.165) is 6.42 Å². The molecule has 1 aliphatic heterocycles. The van der Waals surface area contributed by atoms with E-state index in [0.29, 0.717) is 29.4 Å². The summed E-state index contributed by atoms with van der Waals surface area (Å²) in [6, 6.07) is 0.553. The summed E-state index contributed by atoms with van der Waals surface area (Å²) >= 11 is 0. The van der Waals surface area contributed by atoms with E-state index >= 15 is 0 Å². The minimum absolute atomic E-state index is 0.421. The molecular weight excluding hydrogens is 210 g/mol. The molecule has 2 aliphatic rings. The highest BCUT2D eigenvalue weighted by molar-refractivity contribution is 7.91. The zero-order valence-electron chi connectivity index (χ0n) is 9.41. The second-order valence-electron chi connectivity index (χ2n) is 5.01. The van der Waals surface area contributed by atoms with Crippen molar-refractivity contribution in [1.82, 2.24) is 5.32 Å². The van der Waals surface area contributed by atoms with Crippen LogP contribution in [-0.2, 0) is 9.84 Å². The van der Waals surface area contributed by atoms with Crippen molar-refractivity contribution in [1.29, 1.82) is 0 Å². The maximum atomic E-state index is 11.5. The summed E-state index contributed by atoms with van der Waals surface area (Å²) in [4.78, 5) is 0. The molecule has 0 amide bonds. The second-order valence-corrected chi connectivity index (χ2v) is 7.24. The molecule has 3 nitrogen and oxygen atoms in total. The van der Waals surface area contributed by atoms with E-state index in [9.17, 15) is 8.42 Å². The highest BCUT2D eigenvalue weighted by Crippen LogP contribution is 2.36. The van der Waals surface area contributed by atoms with E-state index in [2.05, 4.69) is 5.32 Å². The van der Waals surface area contributed by atoms with Gasteiger partial charge in [0.1, 0.15) is 0 Å². The molecular formula is C11H21NO2S. The van der Waals surface area contributed by atoms with E-state index in [1.807, 2.05) is 7.05 Å². The lowest BCUT2D eigenvalue weighted by atomic mass is 9.76. The van der Waals surface area contributed by atoms with Gasteiger partial charge in [-0.3, -0.25) is 0 Å². The van der Waals surface area contributed by atoms with Crippen molar-refractivity contribution in [3.05, 3.63) is 0 Å². The Balaban J connectivity index is 2.03. The molecule has 4 heteroatoms. The molecule has 0 bridgehead atoms. The molecule has 0 radical (unpaired) electrons. The summed E-state index contributed by atoms with van der Waals surface area (Å²) < 4.78 is 22.9. The molecule has 3 unspecified atom stereocenters. The molecule has 3 atom stereocenters. The number of nitrogens with one attached hydrogen (secondary N) is 1. The summed E-state index contributed by atoms with van der Waals surface area (Å²) in [7, 11) is -0.698. The third kappa shape index (κ3) is 2.53. The maximum absolute atomic E-state index is 11.5. The summed E-state index contributed by atoms with van der Waals surface area (Å²) in [5.74, 6) is 1.88. The van der Waals surface area contributed by atoms with Crippen molar-refractivity contribution in [2.24, 2.45) is 11.8 Å². The van der Waals surface area contributed by atoms with Crippen molar-refractivity contribution in [3.8, 4) is 0 Å². The van der Waals surface area contributed by atoms with Crippen LogP contribution in [0.25, 0.3) is 0 Å². The Bertz CT molecular complexity index is 313. The van der Waals surface area contributed by atoms with Crippen molar-refractivity contribution in [2.45, 2.75) is 38.1 Å². The first-order valence-electron chi connectivity index (χ1n) is 6.00. The Morgan fingerprint density at radius 1 is 1.13 bits per heavy atom.